The zero-order valence-corrected chi connectivity index (χ0v) is 15.9. The van der Waals surface area contributed by atoms with E-state index in [1.807, 2.05) is 9.80 Å². The first kappa shape index (κ1) is 18.4. The summed E-state index contributed by atoms with van der Waals surface area (Å²) in [6, 6.07) is 2.11. The molecule has 25 heavy (non-hydrogen) atoms. The van der Waals surface area contributed by atoms with Crippen LogP contribution in [0.1, 0.15) is 43.0 Å². The number of fused-ring (bicyclic) bond motifs is 1. The summed E-state index contributed by atoms with van der Waals surface area (Å²) in [6.45, 7) is 7.35. The lowest BCUT2D eigenvalue weighted by Crippen LogP contribution is -2.41. The van der Waals surface area contributed by atoms with E-state index in [0.717, 1.165) is 52.0 Å². The molecular weight excluding hydrogens is 334 g/mol. The molecule has 5 nitrogen and oxygen atoms in total. The van der Waals surface area contributed by atoms with Gasteiger partial charge >= 0.3 is 0 Å². The number of thiophene rings is 1. The van der Waals surface area contributed by atoms with Crippen molar-refractivity contribution in [1.29, 1.82) is 0 Å². The third-order valence-electron chi connectivity index (χ3n) is 5.36. The number of hydrogen-bond donors (Lipinski definition) is 1. The summed E-state index contributed by atoms with van der Waals surface area (Å²) < 4.78 is 0. The molecule has 1 N–H and O–H groups in total. The second-order valence-electron chi connectivity index (χ2n) is 7.07. The summed E-state index contributed by atoms with van der Waals surface area (Å²) in [5.74, 6) is 0.939. The Morgan fingerprint density at radius 1 is 1.16 bits per heavy atom. The van der Waals surface area contributed by atoms with Gasteiger partial charge in [-0.15, -0.1) is 11.3 Å². The van der Waals surface area contributed by atoms with Crippen molar-refractivity contribution >= 4 is 23.2 Å². The Kier molecular flexibility index (Phi) is 6.48. The quantitative estimate of drug-likeness (QED) is 0.843. The van der Waals surface area contributed by atoms with Crippen LogP contribution in [0.15, 0.2) is 11.4 Å². The lowest BCUT2D eigenvalue weighted by molar-refractivity contribution is -0.138. The van der Waals surface area contributed by atoms with Gasteiger partial charge in [0.05, 0.1) is 0 Å². The third kappa shape index (κ3) is 4.82. The van der Waals surface area contributed by atoms with E-state index in [1.54, 1.807) is 11.3 Å². The van der Waals surface area contributed by atoms with Crippen LogP contribution >= 0.6 is 11.3 Å². The number of carbonyl (C=O) groups is 2. The van der Waals surface area contributed by atoms with Gasteiger partial charge in [-0.05, 0) is 55.3 Å². The SMILES string of the molecule is CCNCC1CCN(C(=O)CCC(=O)N2CCc3sccc3C2)CC1. The minimum atomic E-state index is 0.118. The van der Waals surface area contributed by atoms with Crippen LogP contribution < -0.4 is 5.32 Å². The summed E-state index contributed by atoms with van der Waals surface area (Å²) in [5.41, 5.74) is 1.28. The highest BCUT2D eigenvalue weighted by Gasteiger charge is 2.25. The van der Waals surface area contributed by atoms with Crippen molar-refractivity contribution in [2.24, 2.45) is 5.92 Å². The number of likely N-dealkylation sites (tertiary alicyclic amines) is 1. The molecule has 0 unspecified atom stereocenters. The summed E-state index contributed by atoms with van der Waals surface area (Å²) in [4.78, 5) is 30.1. The highest BCUT2D eigenvalue weighted by atomic mass is 32.1. The van der Waals surface area contributed by atoms with Crippen LogP contribution in [0.5, 0.6) is 0 Å². The van der Waals surface area contributed by atoms with E-state index < -0.39 is 0 Å². The molecule has 2 amide bonds. The molecule has 1 saturated heterocycles. The number of piperidine rings is 1. The molecule has 0 atom stereocenters. The van der Waals surface area contributed by atoms with Gasteiger partial charge in [0, 0.05) is 43.9 Å². The number of amides is 2. The van der Waals surface area contributed by atoms with E-state index in [0.29, 0.717) is 25.3 Å². The van der Waals surface area contributed by atoms with Crippen molar-refractivity contribution < 1.29 is 9.59 Å². The Hall–Kier alpha value is -1.40. The molecule has 6 heteroatoms. The van der Waals surface area contributed by atoms with Gasteiger partial charge in [0.2, 0.25) is 11.8 Å². The number of nitrogens with one attached hydrogen (secondary N) is 1. The smallest absolute Gasteiger partial charge is 0.223 e. The maximum Gasteiger partial charge on any atom is 0.223 e. The van der Waals surface area contributed by atoms with E-state index in [2.05, 4.69) is 23.7 Å². The highest BCUT2D eigenvalue weighted by molar-refractivity contribution is 7.10. The largest absolute Gasteiger partial charge is 0.343 e. The number of rotatable bonds is 6. The molecule has 2 aliphatic rings. The molecule has 1 aromatic rings. The summed E-state index contributed by atoms with van der Waals surface area (Å²) in [5, 5.41) is 5.49. The normalized spacial score (nSPS) is 18.3. The Labute approximate surface area is 154 Å². The number of carbonyl (C=O) groups excluding carboxylic acids is 2. The van der Waals surface area contributed by atoms with Gasteiger partial charge in [0.15, 0.2) is 0 Å². The molecule has 0 aromatic carbocycles. The highest BCUT2D eigenvalue weighted by Crippen LogP contribution is 2.24. The third-order valence-corrected chi connectivity index (χ3v) is 6.39. The second kappa shape index (κ2) is 8.81. The maximum absolute atomic E-state index is 12.4. The minimum absolute atomic E-state index is 0.118. The summed E-state index contributed by atoms with van der Waals surface area (Å²) >= 11 is 1.78. The van der Waals surface area contributed by atoms with Gasteiger partial charge < -0.3 is 15.1 Å². The predicted octanol–water partition coefficient (Wildman–Crippen LogP) is 2.26. The molecular formula is C19H29N3O2S. The molecule has 3 heterocycles. The topological polar surface area (TPSA) is 52.7 Å². The molecule has 0 radical (unpaired) electrons. The van der Waals surface area contributed by atoms with E-state index in [-0.39, 0.29) is 11.8 Å². The molecule has 1 aromatic heterocycles. The monoisotopic (exact) mass is 363 g/mol. The standard InChI is InChI=1S/C19H29N3O2S/c1-2-20-13-15-5-9-21(10-6-15)18(23)3-4-19(24)22-11-7-17-16(14-22)8-12-25-17/h8,12,15,20H,2-7,9-11,13-14H2,1H3. The van der Waals surface area contributed by atoms with Crippen molar-refractivity contribution in [1.82, 2.24) is 15.1 Å². The molecule has 138 valence electrons. The van der Waals surface area contributed by atoms with Crippen molar-refractivity contribution in [2.45, 2.75) is 45.6 Å². The van der Waals surface area contributed by atoms with Gasteiger partial charge in [-0.2, -0.15) is 0 Å². The molecule has 1 fully saturated rings. The fraction of sp³-hybridized carbons (Fsp3) is 0.684. The summed E-state index contributed by atoms with van der Waals surface area (Å²) in [7, 11) is 0. The van der Waals surface area contributed by atoms with Gasteiger partial charge in [0.25, 0.3) is 0 Å². The molecule has 0 aliphatic carbocycles. The predicted molar refractivity (Wildman–Crippen MR) is 101 cm³/mol. The molecule has 0 spiro atoms. The molecule has 2 aliphatic heterocycles. The van der Waals surface area contributed by atoms with Crippen LogP contribution in [-0.2, 0) is 22.6 Å². The Morgan fingerprint density at radius 2 is 1.88 bits per heavy atom. The van der Waals surface area contributed by atoms with E-state index in [4.69, 9.17) is 0 Å². The number of nitrogens with zero attached hydrogens (tertiary/aromatic N) is 2. The van der Waals surface area contributed by atoms with Crippen molar-refractivity contribution in [3.8, 4) is 0 Å². The van der Waals surface area contributed by atoms with Crippen LogP contribution in [0.2, 0.25) is 0 Å². The van der Waals surface area contributed by atoms with Crippen molar-refractivity contribution in [3.63, 3.8) is 0 Å². The van der Waals surface area contributed by atoms with E-state index in [1.165, 1.54) is 10.4 Å². The van der Waals surface area contributed by atoms with E-state index >= 15 is 0 Å². The molecule has 3 rings (SSSR count). The van der Waals surface area contributed by atoms with Gasteiger partial charge in [-0.3, -0.25) is 9.59 Å². The first-order valence-corrected chi connectivity index (χ1v) is 10.4. The summed E-state index contributed by atoms with van der Waals surface area (Å²) in [6.07, 6.45) is 3.78. The second-order valence-corrected chi connectivity index (χ2v) is 8.07. The van der Waals surface area contributed by atoms with Crippen molar-refractivity contribution in [2.75, 3.05) is 32.7 Å². The Bertz CT molecular complexity index is 593. The van der Waals surface area contributed by atoms with E-state index in [9.17, 15) is 9.59 Å². The lowest BCUT2D eigenvalue weighted by atomic mass is 9.96. The lowest BCUT2D eigenvalue weighted by Gasteiger charge is -2.32. The average molecular weight is 364 g/mol. The Morgan fingerprint density at radius 3 is 2.60 bits per heavy atom. The zero-order chi connectivity index (χ0) is 17.6. The molecule has 0 bridgehead atoms. The van der Waals surface area contributed by atoms with Crippen LogP contribution in [-0.4, -0.2) is 54.3 Å². The van der Waals surface area contributed by atoms with Gasteiger partial charge in [0.1, 0.15) is 0 Å². The van der Waals surface area contributed by atoms with Crippen LogP contribution in [0.3, 0.4) is 0 Å². The zero-order valence-electron chi connectivity index (χ0n) is 15.1. The molecule has 0 saturated carbocycles. The first-order chi connectivity index (χ1) is 12.2. The van der Waals surface area contributed by atoms with Crippen LogP contribution in [0, 0.1) is 5.92 Å². The first-order valence-electron chi connectivity index (χ1n) is 9.49. The minimum Gasteiger partial charge on any atom is -0.343 e. The average Bonchev–Trinajstić information content (AvgIpc) is 3.12. The fourth-order valence-electron chi connectivity index (χ4n) is 3.73. The van der Waals surface area contributed by atoms with Gasteiger partial charge in [-0.1, -0.05) is 6.92 Å². The van der Waals surface area contributed by atoms with Crippen molar-refractivity contribution in [3.05, 3.63) is 21.9 Å². The maximum atomic E-state index is 12.4. The number of hydrogen-bond acceptors (Lipinski definition) is 4. The van der Waals surface area contributed by atoms with Crippen LogP contribution in [0.25, 0.3) is 0 Å². The van der Waals surface area contributed by atoms with Gasteiger partial charge in [-0.25, -0.2) is 0 Å². The Balaban J connectivity index is 1.39. The van der Waals surface area contributed by atoms with Crippen LogP contribution in [0.4, 0.5) is 0 Å². The fourth-order valence-corrected chi connectivity index (χ4v) is 4.62.